The summed E-state index contributed by atoms with van der Waals surface area (Å²) >= 11 is 1.76. The van der Waals surface area contributed by atoms with Gasteiger partial charge in [0, 0.05) is 37.3 Å². The van der Waals surface area contributed by atoms with Gasteiger partial charge in [-0.05, 0) is 48.5 Å². The highest BCUT2D eigenvalue weighted by atomic mass is 32.2. The van der Waals surface area contributed by atoms with Crippen LogP contribution in [0.25, 0.3) is 27.5 Å². The maximum Gasteiger partial charge on any atom is 0.474 e. The van der Waals surface area contributed by atoms with Crippen molar-refractivity contribution in [1.82, 2.24) is 19.1 Å². The fourth-order valence-corrected chi connectivity index (χ4v) is 5.75. The van der Waals surface area contributed by atoms with Crippen LogP contribution >= 0.6 is 11.8 Å². The van der Waals surface area contributed by atoms with Crippen LogP contribution in [0.3, 0.4) is 0 Å². The first-order chi connectivity index (χ1) is 17.8. The van der Waals surface area contributed by atoms with Gasteiger partial charge in [0.2, 0.25) is 0 Å². The summed E-state index contributed by atoms with van der Waals surface area (Å²) < 4.78 is 6.18. The number of benzene rings is 4. The van der Waals surface area contributed by atoms with E-state index in [1.54, 1.807) is 24.2 Å². The molecule has 0 spiro atoms. The van der Waals surface area contributed by atoms with Gasteiger partial charge in [-0.1, -0.05) is 58.8 Å². The fraction of sp³-hybridized carbons (Fsp3) is 0.0333. The van der Waals surface area contributed by atoms with Crippen molar-refractivity contribution in [1.29, 1.82) is 0 Å². The van der Waals surface area contributed by atoms with E-state index in [1.165, 1.54) is 32.4 Å². The molecule has 5 nitrogen and oxygen atoms in total. The number of fused-ring (bicyclic) bond motifs is 4. The molecule has 0 radical (unpaired) electrons. The number of para-hydroxylation sites is 2. The minimum atomic E-state index is 0.789. The van der Waals surface area contributed by atoms with Crippen LogP contribution in [0, 0.1) is 0 Å². The van der Waals surface area contributed by atoms with Crippen molar-refractivity contribution in [3.8, 4) is 5.69 Å². The van der Waals surface area contributed by atoms with E-state index in [-0.39, 0.29) is 0 Å². The molecular formula is C30H21N5S+2. The molecule has 0 saturated heterocycles. The third-order valence-electron chi connectivity index (χ3n) is 6.41. The number of hydrogen-bond donors (Lipinski definition) is 0. The highest BCUT2D eigenvalue weighted by Gasteiger charge is 2.34. The zero-order valence-corrected chi connectivity index (χ0v) is 20.4. The fourth-order valence-electron chi connectivity index (χ4n) is 4.84. The summed E-state index contributed by atoms with van der Waals surface area (Å²) in [5.41, 5.74) is 4.60. The van der Waals surface area contributed by atoms with Gasteiger partial charge in [-0.2, -0.15) is 4.98 Å². The van der Waals surface area contributed by atoms with Crippen molar-refractivity contribution in [2.24, 2.45) is 0 Å². The van der Waals surface area contributed by atoms with Crippen molar-refractivity contribution < 1.29 is 4.58 Å². The molecule has 0 bridgehead atoms. The Labute approximate surface area is 212 Å². The van der Waals surface area contributed by atoms with Gasteiger partial charge in [0.15, 0.2) is 11.9 Å². The molecule has 6 aromatic rings. The monoisotopic (exact) mass is 483 g/mol. The lowest BCUT2D eigenvalue weighted by atomic mass is 10.1. The second kappa shape index (κ2) is 8.31. The molecule has 0 aliphatic carbocycles. The van der Waals surface area contributed by atoms with E-state index in [1.807, 2.05) is 16.2 Å². The van der Waals surface area contributed by atoms with Crippen LogP contribution < -0.4 is 4.58 Å². The topological polar surface area (TPSA) is 36.7 Å². The molecule has 0 atom stereocenters. The summed E-state index contributed by atoms with van der Waals surface area (Å²) in [6.07, 6.45) is 3.42. The quantitative estimate of drug-likeness (QED) is 0.253. The maximum absolute atomic E-state index is 4.52. The lowest BCUT2D eigenvalue weighted by molar-refractivity contribution is -0.398. The third kappa shape index (κ3) is 3.35. The minimum absolute atomic E-state index is 0.789. The van der Waals surface area contributed by atoms with Gasteiger partial charge in [-0.3, -0.25) is 0 Å². The first-order valence-corrected chi connectivity index (χ1v) is 12.6. The van der Waals surface area contributed by atoms with Gasteiger partial charge in [0.25, 0.3) is 0 Å². The van der Waals surface area contributed by atoms with Gasteiger partial charge < -0.3 is 4.57 Å². The Balaban J connectivity index is 1.30. The van der Waals surface area contributed by atoms with E-state index >= 15 is 0 Å². The molecule has 0 saturated carbocycles. The molecule has 6 heteroatoms. The van der Waals surface area contributed by atoms with Crippen LogP contribution in [0.15, 0.2) is 119 Å². The van der Waals surface area contributed by atoms with E-state index < -0.39 is 0 Å². The molecule has 36 heavy (non-hydrogen) atoms. The Kier molecular flexibility index (Phi) is 4.81. The van der Waals surface area contributed by atoms with Gasteiger partial charge in [-0.15, -0.1) is 4.58 Å². The molecule has 1 aliphatic rings. The van der Waals surface area contributed by atoms with E-state index in [4.69, 9.17) is 0 Å². The summed E-state index contributed by atoms with van der Waals surface area (Å²) in [6, 6.07) is 37.7. The summed E-state index contributed by atoms with van der Waals surface area (Å²) in [5, 5.41) is 2.51. The second-order valence-electron chi connectivity index (χ2n) is 8.66. The van der Waals surface area contributed by atoms with Crippen LogP contribution in [0.1, 0.15) is 0 Å². The predicted octanol–water partition coefficient (Wildman–Crippen LogP) is 7.02. The van der Waals surface area contributed by atoms with E-state index in [9.17, 15) is 0 Å². The molecule has 2 aromatic heterocycles. The third-order valence-corrected chi connectivity index (χ3v) is 7.39. The van der Waals surface area contributed by atoms with Crippen molar-refractivity contribution in [2.45, 2.75) is 9.79 Å². The van der Waals surface area contributed by atoms with Crippen LogP contribution in [-0.2, 0) is 0 Å². The molecule has 0 N–H and O–H groups in total. The highest BCUT2D eigenvalue weighted by Crippen LogP contribution is 2.37. The number of nitrogens with zero attached hydrogens (tertiary/aromatic N) is 5. The summed E-state index contributed by atoms with van der Waals surface area (Å²) in [6.45, 7) is 0. The van der Waals surface area contributed by atoms with Gasteiger partial charge in [0.05, 0.1) is 17.2 Å². The summed E-state index contributed by atoms with van der Waals surface area (Å²) in [5.74, 6) is 1.59. The molecule has 3 heterocycles. The zero-order chi connectivity index (χ0) is 24.1. The van der Waals surface area contributed by atoms with E-state index in [2.05, 4.69) is 118 Å². The van der Waals surface area contributed by atoms with E-state index in [0.29, 0.717) is 0 Å². The smallest absolute Gasteiger partial charge is 0.309 e. The number of hydrogen-bond acceptors (Lipinski definition) is 3. The Morgan fingerprint density at radius 2 is 1.44 bits per heavy atom. The molecule has 4 aromatic carbocycles. The molecule has 170 valence electrons. The van der Waals surface area contributed by atoms with Crippen LogP contribution in [0.2, 0.25) is 0 Å². The molecule has 0 unspecified atom stereocenters. The Morgan fingerprint density at radius 1 is 0.694 bits per heavy atom. The molecule has 0 amide bonds. The number of rotatable bonds is 4. The van der Waals surface area contributed by atoms with Crippen molar-refractivity contribution in [3.63, 3.8) is 0 Å². The first kappa shape index (κ1) is 20.8. The summed E-state index contributed by atoms with van der Waals surface area (Å²) in [4.78, 5) is 11.3. The summed E-state index contributed by atoms with van der Waals surface area (Å²) in [7, 11) is 1.94. The highest BCUT2D eigenvalue weighted by molar-refractivity contribution is 7.99. The lowest BCUT2D eigenvalue weighted by Crippen LogP contribution is -2.01. The van der Waals surface area contributed by atoms with Crippen molar-refractivity contribution in [2.75, 3.05) is 7.05 Å². The van der Waals surface area contributed by atoms with Crippen LogP contribution in [-0.4, -0.2) is 32.2 Å². The second-order valence-corrected chi connectivity index (χ2v) is 9.81. The Hall–Kier alpha value is -4.51. The Bertz CT molecular complexity index is 1860. The number of aromatic nitrogens is 3. The SMILES string of the molecule is C[N+]1=C=[N+](c2cccc(Sc3ccc4c(c3)c3ccccc3n4-c3ccccc3)c2)c2nccnc21. The van der Waals surface area contributed by atoms with E-state index in [0.717, 1.165) is 22.2 Å². The van der Waals surface area contributed by atoms with Gasteiger partial charge in [-0.25, -0.2) is 0 Å². The standard InChI is InChI=1S/C30H21N5S/c1-33-20-34(30-29(33)31-16-17-32-30)22-10-7-11-23(18-22)36-24-14-15-28-26(19-24)25-12-5-6-13-27(25)35(28)21-8-3-2-4-9-21/h2-19H,1H3/q+2. The average Bonchev–Trinajstić information content (AvgIpc) is 3.44. The molecule has 7 rings (SSSR count). The average molecular weight is 484 g/mol. The maximum atomic E-state index is 4.52. The predicted molar refractivity (Wildman–Crippen MR) is 146 cm³/mol. The van der Waals surface area contributed by atoms with Crippen molar-refractivity contribution in [3.05, 3.63) is 109 Å². The molecular weight excluding hydrogens is 462 g/mol. The zero-order valence-electron chi connectivity index (χ0n) is 19.5. The van der Waals surface area contributed by atoms with Gasteiger partial charge >= 0.3 is 17.6 Å². The van der Waals surface area contributed by atoms with Crippen LogP contribution in [0.5, 0.6) is 0 Å². The van der Waals surface area contributed by atoms with Crippen molar-refractivity contribution >= 4 is 56.9 Å². The Morgan fingerprint density at radius 3 is 2.33 bits per heavy atom. The normalized spacial score (nSPS) is 12.6. The molecule has 0 fully saturated rings. The minimum Gasteiger partial charge on any atom is -0.309 e. The first-order valence-electron chi connectivity index (χ1n) is 11.7. The van der Waals surface area contributed by atoms with Gasteiger partial charge in [0.1, 0.15) is 7.05 Å². The van der Waals surface area contributed by atoms with Crippen LogP contribution in [0.4, 0.5) is 17.3 Å². The lowest BCUT2D eigenvalue weighted by Gasteiger charge is -2.08. The molecule has 1 aliphatic heterocycles. The largest absolute Gasteiger partial charge is 0.474 e.